The van der Waals surface area contributed by atoms with Crippen LogP contribution in [0, 0.1) is 11.8 Å². The third-order valence-electron chi connectivity index (χ3n) is 10.6. The van der Waals surface area contributed by atoms with E-state index in [1.807, 2.05) is 18.2 Å². The Morgan fingerprint density at radius 1 is 0.930 bits per heavy atom. The number of alkyl halides is 2. The topological polar surface area (TPSA) is 140 Å². The number of ether oxygens (including phenoxy) is 5. The van der Waals surface area contributed by atoms with E-state index in [1.165, 1.54) is 6.07 Å². The maximum Gasteiger partial charge on any atom is 0.387 e. The predicted octanol–water partition coefficient (Wildman–Crippen LogP) is 7.64. The van der Waals surface area contributed by atoms with E-state index in [-0.39, 0.29) is 47.6 Å². The Morgan fingerprint density at radius 2 is 1.65 bits per heavy atom. The smallest absolute Gasteiger partial charge is 0.387 e. The molecular weight excluding hydrogens is 783 g/mol. The molecule has 1 aromatic heterocycles. The monoisotopic (exact) mass is 827 g/mol. The van der Waals surface area contributed by atoms with Crippen molar-refractivity contribution in [1.82, 2.24) is 10.2 Å². The first-order valence-electron chi connectivity index (χ1n) is 18.8. The molecule has 57 heavy (non-hydrogen) atoms. The van der Waals surface area contributed by atoms with Crippen LogP contribution in [0.15, 0.2) is 79.1 Å². The Bertz CT molecular complexity index is 1980. The van der Waals surface area contributed by atoms with E-state index in [2.05, 4.69) is 15.2 Å². The highest BCUT2D eigenvalue weighted by Crippen LogP contribution is 2.38. The highest BCUT2D eigenvalue weighted by molar-refractivity contribution is 6.35. The number of carbonyl (C=O) groups excluding carboxylic acids is 2. The van der Waals surface area contributed by atoms with E-state index >= 15 is 0 Å². The van der Waals surface area contributed by atoms with Crippen molar-refractivity contribution in [3.63, 3.8) is 0 Å². The van der Waals surface area contributed by atoms with Gasteiger partial charge in [0.05, 0.1) is 19.3 Å². The number of piperidine rings is 3. The van der Waals surface area contributed by atoms with Gasteiger partial charge in [0.1, 0.15) is 34.0 Å². The molecule has 15 heteroatoms. The van der Waals surface area contributed by atoms with Crippen LogP contribution in [0.25, 0.3) is 0 Å². The molecule has 4 aromatic rings. The summed E-state index contributed by atoms with van der Waals surface area (Å²) in [4.78, 5) is 32.9. The SMILES string of the molecule is COc1ccc(C(NCc2cccc(C(=O)O[C@@H](Cc3c(Cl)c[nH+]cc3Cl)c3ccc(OC(F)F)c(OCC4CC4)c3)c2)C(=O)O[C@H]2CN3CCC2CC3)cc1.[OH-]. The molecule has 3 N–H and O–H groups in total. The van der Waals surface area contributed by atoms with Gasteiger partial charge in [-0.2, -0.15) is 8.78 Å². The number of H-pyrrole nitrogens is 1. The van der Waals surface area contributed by atoms with Gasteiger partial charge in [0.2, 0.25) is 0 Å². The first kappa shape index (κ1) is 42.1. The molecular formula is C42H45Cl2F2N3O8. The van der Waals surface area contributed by atoms with Gasteiger partial charge in [0, 0.05) is 25.1 Å². The van der Waals surface area contributed by atoms with Crippen LogP contribution in [0.4, 0.5) is 8.78 Å². The molecule has 11 nitrogen and oxygen atoms in total. The van der Waals surface area contributed by atoms with Crippen LogP contribution in [-0.4, -0.2) is 68.4 Å². The van der Waals surface area contributed by atoms with Crippen LogP contribution in [0.1, 0.15) is 70.4 Å². The van der Waals surface area contributed by atoms with Crippen molar-refractivity contribution in [1.29, 1.82) is 0 Å². The number of nitrogens with one attached hydrogen (secondary N) is 2. The molecule has 3 atom stereocenters. The second kappa shape index (κ2) is 19.3. The van der Waals surface area contributed by atoms with Crippen LogP contribution in [0.2, 0.25) is 10.0 Å². The summed E-state index contributed by atoms with van der Waals surface area (Å²) in [7, 11) is 1.58. The zero-order valence-corrected chi connectivity index (χ0v) is 32.8. The fraction of sp³-hybridized carbons (Fsp3) is 0.405. The number of aromatic nitrogens is 1. The summed E-state index contributed by atoms with van der Waals surface area (Å²) in [5.41, 5.74) is 2.68. The van der Waals surface area contributed by atoms with Crippen LogP contribution in [0.5, 0.6) is 17.2 Å². The van der Waals surface area contributed by atoms with E-state index in [4.69, 9.17) is 46.9 Å². The maximum atomic E-state index is 13.9. The average Bonchev–Trinajstić information content (AvgIpc) is 4.04. The highest BCUT2D eigenvalue weighted by Gasteiger charge is 2.38. The maximum absolute atomic E-state index is 13.9. The van der Waals surface area contributed by atoms with Crippen LogP contribution in [0.3, 0.4) is 0 Å². The lowest BCUT2D eigenvalue weighted by Gasteiger charge is -2.44. The standard InChI is InChI=1S/C42H43Cl2F2N3O7.H2O/c1-52-31-10-7-28(8-11-31)39(41(51)55-38-23-49-15-13-27(38)14-16-49)48-20-26-3-2-4-30(17-26)40(50)54-36(19-32-33(43)21-47-22-34(32)44)29-9-12-35(56-42(45)46)37(18-29)53-24-25-5-6-25;/h2-4,7-12,17-18,21-22,25,27,36,38-39,42,48H,5-6,13-16,19-20,23-24H2,1H3;1H2/t36-,38-,39?;/m0./s1. The van der Waals surface area contributed by atoms with E-state index in [1.54, 1.807) is 62.0 Å². The molecule has 1 unspecified atom stereocenters. The number of benzene rings is 3. The van der Waals surface area contributed by atoms with E-state index in [9.17, 15) is 18.4 Å². The van der Waals surface area contributed by atoms with Crippen molar-refractivity contribution in [2.75, 3.05) is 33.4 Å². The zero-order chi connectivity index (χ0) is 39.2. The molecule has 1 saturated carbocycles. The number of hydrogen-bond acceptors (Lipinski definition) is 10. The normalized spacial score (nSPS) is 19.6. The number of rotatable bonds is 17. The lowest BCUT2D eigenvalue weighted by molar-refractivity contribution is -0.377. The summed E-state index contributed by atoms with van der Waals surface area (Å²) in [6.45, 7) is 0.319. The minimum atomic E-state index is -3.06. The fourth-order valence-electron chi connectivity index (χ4n) is 7.23. The number of carbonyl (C=O) groups is 2. The number of methoxy groups -OCH3 is 1. The Kier molecular flexibility index (Phi) is 14.2. The minimum absolute atomic E-state index is 0. The van der Waals surface area contributed by atoms with Gasteiger partial charge < -0.3 is 29.2 Å². The minimum Gasteiger partial charge on any atom is -0.870 e. The van der Waals surface area contributed by atoms with Gasteiger partial charge >= 0.3 is 18.6 Å². The first-order chi connectivity index (χ1) is 27.1. The van der Waals surface area contributed by atoms with Crippen molar-refractivity contribution in [3.05, 3.63) is 117 Å². The summed E-state index contributed by atoms with van der Waals surface area (Å²) in [6.07, 6.45) is 6.10. The Balaban J connectivity index is 0.00000549. The summed E-state index contributed by atoms with van der Waals surface area (Å²) in [6, 6.07) is 17.9. The molecule has 0 amide bonds. The molecule has 3 aliphatic heterocycles. The van der Waals surface area contributed by atoms with Gasteiger partial charge in [0.25, 0.3) is 0 Å². The predicted molar refractivity (Wildman–Crippen MR) is 206 cm³/mol. The molecule has 1 aliphatic carbocycles. The second-order valence-electron chi connectivity index (χ2n) is 14.5. The van der Waals surface area contributed by atoms with Crippen LogP contribution >= 0.6 is 23.2 Å². The quantitative estimate of drug-likeness (QED) is 0.106. The Morgan fingerprint density at radius 3 is 2.30 bits per heavy atom. The number of esters is 2. The van der Waals surface area contributed by atoms with Gasteiger partial charge in [0.15, 0.2) is 23.9 Å². The molecule has 0 radical (unpaired) electrons. The van der Waals surface area contributed by atoms with Crippen molar-refractivity contribution in [2.24, 2.45) is 11.8 Å². The number of aromatic amines is 1. The molecule has 4 heterocycles. The molecule has 3 aromatic carbocycles. The molecule has 0 spiro atoms. The number of hydrogen-bond donors (Lipinski definition) is 1. The van der Waals surface area contributed by atoms with Gasteiger partial charge in [-0.1, -0.05) is 53.5 Å². The number of fused-ring (bicyclic) bond motifs is 3. The summed E-state index contributed by atoms with van der Waals surface area (Å²) in [5, 5.41) is 4.01. The molecule has 304 valence electrons. The van der Waals surface area contributed by atoms with E-state index < -0.39 is 24.7 Å². The van der Waals surface area contributed by atoms with Crippen LogP contribution in [-0.2, 0) is 27.2 Å². The van der Waals surface area contributed by atoms with Gasteiger partial charge in [-0.25, -0.2) is 14.6 Å². The lowest BCUT2D eigenvalue weighted by atomic mass is 9.86. The van der Waals surface area contributed by atoms with Crippen molar-refractivity contribution in [2.45, 2.75) is 63.5 Å². The summed E-state index contributed by atoms with van der Waals surface area (Å²) >= 11 is 13.0. The molecule has 3 saturated heterocycles. The second-order valence-corrected chi connectivity index (χ2v) is 15.3. The van der Waals surface area contributed by atoms with Crippen molar-refractivity contribution < 1.29 is 52.5 Å². The highest BCUT2D eigenvalue weighted by atomic mass is 35.5. The average molecular weight is 829 g/mol. The number of pyridine rings is 1. The third kappa shape index (κ3) is 10.9. The largest absolute Gasteiger partial charge is 0.870 e. The molecule has 2 bridgehead atoms. The fourth-order valence-corrected chi connectivity index (χ4v) is 7.76. The van der Waals surface area contributed by atoms with E-state index in [0.29, 0.717) is 45.4 Å². The third-order valence-corrected chi connectivity index (χ3v) is 11.3. The van der Waals surface area contributed by atoms with Gasteiger partial charge in [-0.3, -0.25) is 10.2 Å². The van der Waals surface area contributed by atoms with Crippen molar-refractivity contribution in [3.8, 4) is 17.2 Å². The summed E-state index contributed by atoms with van der Waals surface area (Å²) in [5.74, 6) is 0.333. The molecule has 4 fully saturated rings. The lowest BCUT2D eigenvalue weighted by Crippen LogP contribution is -2.52. The van der Waals surface area contributed by atoms with Crippen molar-refractivity contribution >= 4 is 35.1 Å². The summed E-state index contributed by atoms with van der Waals surface area (Å²) < 4.78 is 54.9. The van der Waals surface area contributed by atoms with Gasteiger partial charge in [-0.15, -0.1) is 0 Å². The Labute approximate surface area is 339 Å². The van der Waals surface area contributed by atoms with E-state index in [0.717, 1.165) is 56.4 Å². The Hall–Kier alpha value is -4.53. The van der Waals surface area contributed by atoms with Crippen LogP contribution < -0.4 is 24.5 Å². The zero-order valence-electron chi connectivity index (χ0n) is 31.3. The molecule has 4 aliphatic rings. The van der Waals surface area contributed by atoms with Gasteiger partial charge in [-0.05, 0) is 104 Å². The number of nitrogens with zero attached hydrogens (tertiary/aromatic N) is 1. The molecule has 8 rings (SSSR count). The number of halogens is 4. The first-order valence-corrected chi connectivity index (χ1v) is 19.5.